The summed E-state index contributed by atoms with van der Waals surface area (Å²) in [5.74, 6) is -3.61. The Balaban J connectivity index is 0.000000232. The van der Waals surface area contributed by atoms with E-state index >= 15 is 0 Å². The summed E-state index contributed by atoms with van der Waals surface area (Å²) < 4.78 is 72.4. The van der Waals surface area contributed by atoms with Crippen LogP contribution in [0.5, 0.6) is 5.75 Å². The summed E-state index contributed by atoms with van der Waals surface area (Å²) in [6.45, 7) is -0.276. The lowest BCUT2D eigenvalue weighted by molar-refractivity contribution is -0.137. The Hall–Kier alpha value is -3.06. The predicted molar refractivity (Wildman–Crippen MR) is 138 cm³/mol. The van der Waals surface area contributed by atoms with Crippen LogP contribution in [0.15, 0.2) is 48.5 Å². The molecule has 5 nitrogen and oxygen atoms in total. The van der Waals surface area contributed by atoms with Gasteiger partial charge in [0.15, 0.2) is 11.6 Å². The maximum atomic E-state index is 14.1. The van der Waals surface area contributed by atoms with E-state index in [1.807, 2.05) is 18.2 Å². The average molecular weight is 606 g/mol. The Morgan fingerprint density at radius 3 is 2.24 bits per heavy atom. The van der Waals surface area contributed by atoms with Crippen molar-refractivity contribution in [2.24, 2.45) is 5.73 Å². The molecule has 5 rings (SSSR count). The van der Waals surface area contributed by atoms with Crippen LogP contribution in [0.1, 0.15) is 25.9 Å². The molecular weight excluding hydrogens is 592 g/mol. The van der Waals surface area contributed by atoms with Crippen LogP contribution in [0.2, 0.25) is 5.02 Å². The lowest BCUT2D eigenvalue weighted by Gasteiger charge is -2.08. The van der Waals surface area contributed by atoms with Crippen LogP contribution in [0.3, 0.4) is 0 Å². The number of carbonyl (C=O) groups is 1. The van der Waals surface area contributed by atoms with Crippen LogP contribution >= 0.6 is 45.9 Å². The number of nitrogens with zero attached hydrogens (tertiary/aromatic N) is 2. The molecule has 5 aromatic rings. The first kappa shape index (κ1) is 28.0. The van der Waals surface area contributed by atoms with Crippen LogP contribution in [0.25, 0.3) is 20.4 Å². The van der Waals surface area contributed by atoms with E-state index in [1.165, 1.54) is 6.07 Å². The fourth-order valence-electron chi connectivity index (χ4n) is 3.23. The number of ether oxygens (including phenoxy) is 1. The third-order valence-corrected chi connectivity index (χ3v) is 7.61. The van der Waals surface area contributed by atoms with E-state index in [2.05, 4.69) is 9.97 Å². The van der Waals surface area contributed by atoms with Crippen LogP contribution < -0.4 is 10.5 Å². The van der Waals surface area contributed by atoms with Crippen LogP contribution in [-0.4, -0.2) is 15.9 Å². The molecule has 0 spiro atoms. The summed E-state index contributed by atoms with van der Waals surface area (Å²) >= 11 is 14.1. The van der Waals surface area contributed by atoms with Crippen molar-refractivity contribution in [1.82, 2.24) is 9.97 Å². The van der Waals surface area contributed by atoms with E-state index in [-0.39, 0.29) is 17.1 Å². The normalized spacial score (nSPS) is 11.4. The van der Waals surface area contributed by atoms with E-state index in [0.29, 0.717) is 15.6 Å². The second kappa shape index (κ2) is 11.4. The zero-order chi connectivity index (χ0) is 27.6. The van der Waals surface area contributed by atoms with Gasteiger partial charge < -0.3 is 10.5 Å². The Morgan fingerprint density at radius 1 is 0.947 bits per heavy atom. The molecular formula is C24H14Cl2F5N3O2S2. The summed E-state index contributed by atoms with van der Waals surface area (Å²) in [5.41, 5.74) is 4.21. The van der Waals surface area contributed by atoms with Crippen molar-refractivity contribution < 1.29 is 31.5 Å². The minimum absolute atomic E-state index is 0.126. The Kier molecular flexibility index (Phi) is 8.36. The highest BCUT2D eigenvalue weighted by Gasteiger charge is 2.30. The van der Waals surface area contributed by atoms with Gasteiger partial charge in [0.1, 0.15) is 28.0 Å². The van der Waals surface area contributed by atoms with Crippen LogP contribution in [-0.2, 0) is 18.7 Å². The summed E-state index contributed by atoms with van der Waals surface area (Å²) in [7, 11) is 0. The molecule has 0 aliphatic heterocycles. The number of aromatic nitrogens is 2. The van der Waals surface area contributed by atoms with Crippen molar-refractivity contribution in [3.05, 3.63) is 86.3 Å². The fourth-order valence-corrected chi connectivity index (χ4v) is 5.28. The molecule has 14 heteroatoms. The highest BCUT2D eigenvalue weighted by Crippen LogP contribution is 2.33. The predicted octanol–water partition coefficient (Wildman–Crippen LogP) is 7.96. The van der Waals surface area contributed by atoms with Crippen molar-refractivity contribution in [3.8, 4) is 5.75 Å². The lowest BCUT2D eigenvalue weighted by Crippen LogP contribution is -2.16. The van der Waals surface area contributed by atoms with E-state index in [9.17, 15) is 26.7 Å². The van der Waals surface area contributed by atoms with Crippen LogP contribution in [0.4, 0.5) is 22.0 Å². The highest BCUT2D eigenvalue weighted by atomic mass is 35.5. The number of fused-ring (bicyclic) bond motifs is 2. The molecule has 0 radical (unpaired) electrons. The van der Waals surface area contributed by atoms with E-state index in [1.54, 1.807) is 11.3 Å². The number of rotatable bonds is 5. The minimum Gasteiger partial charge on any atom is -0.483 e. The molecule has 2 N–H and O–H groups in total. The number of benzene rings is 3. The van der Waals surface area contributed by atoms with E-state index in [0.717, 1.165) is 50.8 Å². The molecule has 0 unspecified atom stereocenters. The number of alkyl halides is 4. The first-order valence-corrected chi connectivity index (χ1v) is 13.0. The maximum Gasteiger partial charge on any atom is 0.416 e. The number of halogens is 7. The number of hydrogen-bond acceptors (Lipinski definition) is 6. The van der Waals surface area contributed by atoms with Gasteiger partial charge in [0.25, 0.3) is 5.91 Å². The molecule has 198 valence electrons. The van der Waals surface area contributed by atoms with Gasteiger partial charge in [-0.15, -0.1) is 34.3 Å². The molecule has 0 bridgehead atoms. The van der Waals surface area contributed by atoms with Crippen molar-refractivity contribution in [2.75, 3.05) is 0 Å². The van der Waals surface area contributed by atoms with Gasteiger partial charge in [-0.05, 0) is 48.5 Å². The monoisotopic (exact) mass is 605 g/mol. The molecule has 2 aromatic heterocycles. The number of thiazole rings is 2. The molecule has 0 saturated carbocycles. The van der Waals surface area contributed by atoms with Crippen molar-refractivity contribution in [2.45, 2.75) is 18.7 Å². The molecule has 38 heavy (non-hydrogen) atoms. The van der Waals surface area contributed by atoms with Crippen molar-refractivity contribution in [3.63, 3.8) is 0 Å². The van der Waals surface area contributed by atoms with Gasteiger partial charge in [-0.2, -0.15) is 13.2 Å². The number of amides is 1. The molecule has 0 saturated heterocycles. The average Bonchev–Trinajstić information content (AvgIpc) is 3.45. The zero-order valence-corrected chi connectivity index (χ0v) is 21.9. The van der Waals surface area contributed by atoms with E-state index < -0.39 is 40.6 Å². The first-order valence-electron chi connectivity index (χ1n) is 10.4. The van der Waals surface area contributed by atoms with Gasteiger partial charge in [0.2, 0.25) is 0 Å². The second-order valence-electron chi connectivity index (χ2n) is 7.53. The molecule has 2 heterocycles. The Bertz CT molecular complexity index is 1640. The third kappa shape index (κ3) is 6.32. The fraction of sp³-hybridized carbons (Fsp3) is 0.125. The standard InChI is InChI=1S/C16H9F5N2O2S.C8H5Cl2NS/c17-8-2-3-10(14(18)13(8)15(22)24)25-6-12-23-9-5-7(16(19,20)21)1-4-11(9)26-12;9-4-8-11-6-3-5(10)1-2-7(6)12-8/h1-5H,6H2,(H2,22,24);1-3H,4H2. The highest BCUT2D eigenvalue weighted by molar-refractivity contribution is 7.19. The summed E-state index contributed by atoms with van der Waals surface area (Å²) in [4.78, 5) is 19.4. The van der Waals surface area contributed by atoms with Crippen LogP contribution in [0, 0.1) is 11.6 Å². The van der Waals surface area contributed by atoms with Crippen molar-refractivity contribution >= 4 is 72.2 Å². The Labute approximate surface area is 229 Å². The zero-order valence-electron chi connectivity index (χ0n) is 18.8. The molecule has 0 aliphatic rings. The van der Waals surface area contributed by atoms with Gasteiger partial charge in [0, 0.05) is 5.02 Å². The SMILES string of the molecule is ClCc1nc2cc(Cl)ccc2s1.NC(=O)c1c(F)ccc(OCc2nc3cc(C(F)(F)F)ccc3s2)c1F. The first-order chi connectivity index (χ1) is 18.0. The number of primary amides is 1. The molecule has 0 fully saturated rings. The smallest absolute Gasteiger partial charge is 0.416 e. The molecule has 3 aromatic carbocycles. The number of carbonyl (C=O) groups excluding carboxylic acids is 1. The van der Waals surface area contributed by atoms with Gasteiger partial charge in [-0.3, -0.25) is 4.79 Å². The van der Waals surface area contributed by atoms with Gasteiger partial charge in [-0.1, -0.05) is 11.6 Å². The maximum absolute atomic E-state index is 14.1. The quantitative estimate of drug-likeness (QED) is 0.163. The summed E-state index contributed by atoms with van der Waals surface area (Å²) in [5, 5.41) is 1.94. The van der Waals surface area contributed by atoms with Gasteiger partial charge in [-0.25, -0.2) is 18.7 Å². The Morgan fingerprint density at radius 2 is 1.58 bits per heavy atom. The topological polar surface area (TPSA) is 78.1 Å². The van der Waals surface area contributed by atoms with Gasteiger partial charge >= 0.3 is 6.18 Å². The third-order valence-electron chi connectivity index (χ3n) is 4.92. The lowest BCUT2D eigenvalue weighted by atomic mass is 10.2. The second-order valence-corrected chi connectivity index (χ2v) is 10.5. The number of hydrogen-bond donors (Lipinski definition) is 1. The summed E-state index contributed by atoms with van der Waals surface area (Å²) in [6.07, 6.45) is -4.49. The van der Waals surface area contributed by atoms with Crippen molar-refractivity contribution in [1.29, 1.82) is 0 Å². The number of nitrogens with two attached hydrogens (primary N) is 1. The molecule has 1 amide bonds. The minimum atomic E-state index is -4.49. The van der Waals surface area contributed by atoms with E-state index in [4.69, 9.17) is 33.7 Å². The van der Waals surface area contributed by atoms with Gasteiger partial charge in [0.05, 0.1) is 31.9 Å². The largest absolute Gasteiger partial charge is 0.483 e. The summed E-state index contributed by atoms with van der Waals surface area (Å²) in [6, 6.07) is 10.6. The molecule has 0 aliphatic carbocycles. The molecule has 0 atom stereocenters.